The second-order valence-corrected chi connectivity index (χ2v) is 6.66. The maximum Gasteiger partial charge on any atom is 0.126 e. The number of ether oxygens (including phenoxy) is 2. The van der Waals surface area contributed by atoms with Gasteiger partial charge in [0.15, 0.2) is 0 Å². The molecule has 3 unspecified atom stereocenters. The lowest BCUT2D eigenvalue weighted by Crippen LogP contribution is -2.41. The highest BCUT2D eigenvalue weighted by Gasteiger charge is 2.45. The van der Waals surface area contributed by atoms with E-state index < -0.39 is 6.10 Å². The minimum Gasteiger partial charge on any atom is -0.497 e. The Morgan fingerprint density at radius 2 is 2.28 bits per heavy atom. The molecule has 1 aromatic carbocycles. The zero-order chi connectivity index (χ0) is 12.8. The van der Waals surface area contributed by atoms with Crippen LogP contribution < -0.4 is 9.47 Å². The van der Waals surface area contributed by atoms with Crippen molar-refractivity contribution in [3.8, 4) is 11.5 Å². The number of hydrogen-bond acceptors (Lipinski definition) is 4. The fourth-order valence-electron chi connectivity index (χ4n) is 2.89. The van der Waals surface area contributed by atoms with Crippen LogP contribution in [0.15, 0.2) is 18.2 Å². The van der Waals surface area contributed by atoms with E-state index >= 15 is 0 Å². The quantitative estimate of drug-likeness (QED) is 0.848. The highest BCUT2D eigenvalue weighted by atomic mass is 32.2. The predicted octanol–water partition coefficient (Wildman–Crippen LogP) is 2.78. The Hall–Kier alpha value is -0.870. The molecule has 2 aliphatic rings. The third-order valence-electron chi connectivity index (χ3n) is 3.76. The van der Waals surface area contributed by atoms with E-state index in [1.54, 1.807) is 7.11 Å². The first kappa shape index (κ1) is 12.2. The van der Waals surface area contributed by atoms with Gasteiger partial charge in [-0.2, -0.15) is 11.8 Å². The number of benzene rings is 1. The zero-order valence-corrected chi connectivity index (χ0v) is 11.5. The predicted molar refractivity (Wildman–Crippen MR) is 72.5 cm³/mol. The molecular formula is C14H18O3S. The van der Waals surface area contributed by atoms with Crippen molar-refractivity contribution in [1.29, 1.82) is 0 Å². The second kappa shape index (κ2) is 4.35. The highest BCUT2D eigenvalue weighted by Crippen LogP contribution is 2.48. The second-order valence-electron chi connectivity index (χ2n) is 5.23. The summed E-state index contributed by atoms with van der Waals surface area (Å²) in [5.41, 5.74) is 0.676. The molecule has 1 N–H and O–H groups in total. The Balaban J connectivity index is 1.93. The first-order valence-electron chi connectivity index (χ1n) is 6.28. The monoisotopic (exact) mass is 266 g/mol. The average Bonchev–Trinajstić information content (AvgIpc) is 2.70. The molecule has 0 bridgehead atoms. The van der Waals surface area contributed by atoms with Gasteiger partial charge in [-0.15, -0.1) is 0 Å². The molecule has 3 atom stereocenters. The fourth-order valence-corrected chi connectivity index (χ4v) is 4.20. The standard InChI is InChI=1S/C14H18O3S/c1-9-6-14(8-18-9)7-12(15)11-5-10(16-2)3-4-13(11)17-14/h3-5,9,12,15H,6-8H2,1-2H3. The maximum atomic E-state index is 10.3. The van der Waals surface area contributed by atoms with Crippen LogP contribution in [-0.2, 0) is 0 Å². The van der Waals surface area contributed by atoms with Crippen molar-refractivity contribution in [3.05, 3.63) is 23.8 Å². The normalized spacial score (nSPS) is 34.2. The third kappa shape index (κ3) is 1.97. The van der Waals surface area contributed by atoms with Crippen LogP contribution in [0.1, 0.15) is 31.4 Å². The van der Waals surface area contributed by atoms with E-state index in [4.69, 9.17) is 9.47 Å². The summed E-state index contributed by atoms with van der Waals surface area (Å²) in [6, 6.07) is 5.67. The largest absolute Gasteiger partial charge is 0.497 e. The molecule has 2 aliphatic heterocycles. The van der Waals surface area contributed by atoms with Crippen molar-refractivity contribution in [2.45, 2.75) is 36.7 Å². The topological polar surface area (TPSA) is 38.7 Å². The smallest absolute Gasteiger partial charge is 0.126 e. The summed E-state index contributed by atoms with van der Waals surface area (Å²) in [6.45, 7) is 2.22. The molecule has 1 aromatic rings. The van der Waals surface area contributed by atoms with Crippen LogP contribution in [0.4, 0.5) is 0 Å². The molecule has 0 radical (unpaired) electrons. The molecule has 1 spiro atoms. The van der Waals surface area contributed by atoms with Crippen LogP contribution >= 0.6 is 11.8 Å². The van der Waals surface area contributed by atoms with Gasteiger partial charge < -0.3 is 14.6 Å². The summed E-state index contributed by atoms with van der Waals surface area (Å²) in [6.07, 6.45) is 1.25. The molecule has 18 heavy (non-hydrogen) atoms. The van der Waals surface area contributed by atoms with Crippen LogP contribution in [0.2, 0.25) is 0 Å². The third-order valence-corrected chi connectivity index (χ3v) is 5.19. The van der Waals surface area contributed by atoms with Crippen molar-refractivity contribution < 1.29 is 14.6 Å². The van der Waals surface area contributed by atoms with Crippen LogP contribution in [0.5, 0.6) is 11.5 Å². The van der Waals surface area contributed by atoms with E-state index in [0.29, 0.717) is 11.7 Å². The van der Waals surface area contributed by atoms with Gasteiger partial charge in [-0.3, -0.25) is 0 Å². The number of fused-ring (bicyclic) bond motifs is 1. The van der Waals surface area contributed by atoms with Gasteiger partial charge in [-0.25, -0.2) is 0 Å². The number of rotatable bonds is 1. The molecule has 0 aromatic heterocycles. The van der Waals surface area contributed by atoms with Crippen molar-refractivity contribution in [3.63, 3.8) is 0 Å². The number of methoxy groups -OCH3 is 1. The summed E-state index contributed by atoms with van der Waals surface area (Å²) in [4.78, 5) is 0. The molecule has 4 heteroatoms. The van der Waals surface area contributed by atoms with E-state index in [0.717, 1.165) is 29.2 Å². The van der Waals surface area contributed by atoms with Crippen LogP contribution in [0.3, 0.4) is 0 Å². The molecule has 1 saturated heterocycles. The van der Waals surface area contributed by atoms with Crippen molar-refractivity contribution >= 4 is 11.8 Å². The molecule has 3 nitrogen and oxygen atoms in total. The Labute approximate surface area is 111 Å². The number of aliphatic hydroxyl groups is 1. The van der Waals surface area contributed by atoms with Gasteiger partial charge in [0.1, 0.15) is 17.1 Å². The van der Waals surface area contributed by atoms with E-state index in [9.17, 15) is 5.11 Å². The van der Waals surface area contributed by atoms with E-state index in [1.165, 1.54) is 0 Å². The Morgan fingerprint density at radius 3 is 2.94 bits per heavy atom. The van der Waals surface area contributed by atoms with E-state index in [2.05, 4.69) is 6.92 Å². The van der Waals surface area contributed by atoms with E-state index in [1.807, 2.05) is 30.0 Å². The van der Waals surface area contributed by atoms with Gasteiger partial charge in [0.05, 0.1) is 13.2 Å². The highest BCUT2D eigenvalue weighted by molar-refractivity contribution is 8.00. The molecule has 0 saturated carbocycles. The molecule has 1 fully saturated rings. The Bertz CT molecular complexity index is 462. The number of thioether (sulfide) groups is 1. The summed E-state index contributed by atoms with van der Waals surface area (Å²) >= 11 is 1.93. The molecule has 2 heterocycles. The van der Waals surface area contributed by atoms with Gasteiger partial charge in [-0.1, -0.05) is 6.92 Å². The van der Waals surface area contributed by atoms with Crippen LogP contribution in [-0.4, -0.2) is 28.8 Å². The molecule has 98 valence electrons. The minimum atomic E-state index is -0.449. The van der Waals surface area contributed by atoms with Crippen molar-refractivity contribution in [1.82, 2.24) is 0 Å². The summed E-state index contributed by atoms with van der Waals surface area (Å²) in [5, 5.41) is 11.0. The number of hydrogen-bond donors (Lipinski definition) is 1. The summed E-state index contributed by atoms with van der Waals surface area (Å²) in [7, 11) is 1.63. The van der Waals surface area contributed by atoms with Gasteiger partial charge in [-0.05, 0) is 24.6 Å². The van der Waals surface area contributed by atoms with Gasteiger partial charge in [0, 0.05) is 23.0 Å². The number of aliphatic hydroxyl groups excluding tert-OH is 1. The Morgan fingerprint density at radius 1 is 1.44 bits per heavy atom. The maximum absolute atomic E-state index is 10.3. The first-order valence-corrected chi connectivity index (χ1v) is 7.33. The fraction of sp³-hybridized carbons (Fsp3) is 0.571. The molecule has 3 rings (SSSR count). The lowest BCUT2D eigenvalue weighted by molar-refractivity contribution is 0.00135. The minimum absolute atomic E-state index is 0.176. The van der Waals surface area contributed by atoms with Gasteiger partial charge in [0.25, 0.3) is 0 Å². The molecule has 0 aliphatic carbocycles. The Kier molecular flexibility index (Phi) is 2.94. The average molecular weight is 266 g/mol. The SMILES string of the molecule is COc1ccc2c(c1)C(O)CC1(CSC(C)C1)O2. The lowest BCUT2D eigenvalue weighted by atomic mass is 9.87. The first-order chi connectivity index (χ1) is 8.62. The zero-order valence-electron chi connectivity index (χ0n) is 10.7. The van der Waals surface area contributed by atoms with Gasteiger partial charge >= 0.3 is 0 Å². The van der Waals surface area contributed by atoms with Crippen molar-refractivity contribution in [2.24, 2.45) is 0 Å². The van der Waals surface area contributed by atoms with Crippen molar-refractivity contribution in [2.75, 3.05) is 12.9 Å². The lowest BCUT2D eigenvalue weighted by Gasteiger charge is -2.38. The van der Waals surface area contributed by atoms with E-state index in [-0.39, 0.29) is 5.60 Å². The van der Waals surface area contributed by atoms with Crippen LogP contribution in [0.25, 0.3) is 0 Å². The van der Waals surface area contributed by atoms with Crippen LogP contribution in [0, 0.1) is 0 Å². The molecule has 0 amide bonds. The summed E-state index contributed by atoms with van der Waals surface area (Å²) < 4.78 is 11.4. The molecular weight excluding hydrogens is 248 g/mol. The van der Waals surface area contributed by atoms with Gasteiger partial charge in [0.2, 0.25) is 0 Å². The summed E-state index contributed by atoms with van der Waals surface area (Å²) in [5.74, 6) is 2.54.